The lowest BCUT2D eigenvalue weighted by atomic mass is 9.91. The van der Waals surface area contributed by atoms with E-state index in [0.29, 0.717) is 5.56 Å². The van der Waals surface area contributed by atoms with Crippen molar-refractivity contribution in [1.29, 1.82) is 0 Å². The predicted molar refractivity (Wildman–Crippen MR) is 146 cm³/mol. The van der Waals surface area contributed by atoms with Crippen LogP contribution in [-0.4, -0.2) is 38.4 Å². The molecular formula is C30H37N5O. The first-order valence-electron chi connectivity index (χ1n) is 12.9. The number of nitrogens with one attached hydrogen (secondary N) is 2. The first kappa shape index (κ1) is 25.5. The fraction of sp³-hybridized carbons (Fsp3) is 0.333. The van der Waals surface area contributed by atoms with E-state index < -0.39 is 0 Å². The van der Waals surface area contributed by atoms with Crippen molar-refractivity contribution in [1.82, 2.24) is 19.4 Å². The highest BCUT2D eigenvalue weighted by Gasteiger charge is 2.19. The van der Waals surface area contributed by atoms with Crippen molar-refractivity contribution in [3.05, 3.63) is 107 Å². The molecule has 2 aromatic heterocycles. The van der Waals surface area contributed by atoms with Crippen LogP contribution in [0.25, 0.3) is 0 Å². The minimum Gasteiger partial charge on any atom is -0.364 e. The van der Waals surface area contributed by atoms with Gasteiger partial charge in [-0.25, -0.2) is 4.98 Å². The number of aromatic nitrogens is 3. The minimum absolute atomic E-state index is 0.103. The molecule has 0 radical (unpaired) electrons. The summed E-state index contributed by atoms with van der Waals surface area (Å²) in [6, 6.07) is 20.2. The zero-order valence-corrected chi connectivity index (χ0v) is 21.6. The van der Waals surface area contributed by atoms with Gasteiger partial charge in [-0.1, -0.05) is 38.1 Å². The van der Waals surface area contributed by atoms with Crippen molar-refractivity contribution in [2.24, 2.45) is 7.05 Å². The molecule has 2 N–H and O–H groups in total. The molecule has 4 rings (SSSR count). The molecule has 6 nitrogen and oxygen atoms in total. The average molecular weight is 484 g/mol. The molecule has 6 heteroatoms. The van der Waals surface area contributed by atoms with Gasteiger partial charge in [-0.2, -0.15) is 0 Å². The lowest BCUT2D eigenvalue weighted by molar-refractivity contribution is 0.102. The summed E-state index contributed by atoms with van der Waals surface area (Å²) in [5.74, 6) is 1.05. The highest BCUT2D eigenvalue weighted by Crippen LogP contribution is 2.27. The molecule has 0 aliphatic heterocycles. The number of H-pyrrole nitrogens is 1. The van der Waals surface area contributed by atoms with Crippen LogP contribution in [0.3, 0.4) is 0 Å². The van der Waals surface area contributed by atoms with Gasteiger partial charge < -0.3 is 14.9 Å². The zero-order chi connectivity index (χ0) is 25.3. The van der Waals surface area contributed by atoms with Gasteiger partial charge in [0.05, 0.1) is 0 Å². The number of rotatable bonds is 12. The Morgan fingerprint density at radius 1 is 1.03 bits per heavy atom. The van der Waals surface area contributed by atoms with Crippen LogP contribution in [0.4, 0.5) is 5.69 Å². The third kappa shape index (κ3) is 6.52. The SMILES string of the molecule is CCCN(CCC)Cc1ccc(NC(=O)c2ccc(C(Cc3nccn3C)c3ccc[nH]3)cc2)cc1. The first-order chi connectivity index (χ1) is 17.6. The summed E-state index contributed by atoms with van der Waals surface area (Å²) in [4.78, 5) is 23.2. The molecule has 0 spiro atoms. The molecule has 1 amide bonds. The number of benzene rings is 2. The Morgan fingerprint density at radius 3 is 2.33 bits per heavy atom. The molecule has 1 unspecified atom stereocenters. The van der Waals surface area contributed by atoms with Gasteiger partial charge in [0.2, 0.25) is 0 Å². The number of carbonyl (C=O) groups is 1. The Kier molecular flexibility index (Phi) is 8.74. The van der Waals surface area contributed by atoms with Gasteiger partial charge in [-0.3, -0.25) is 9.69 Å². The summed E-state index contributed by atoms with van der Waals surface area (Å²) in [7, 11) is 2.01. The normalized spacial score (nSPS) is 12.1. The Labute approximate surface area is 214 Å². The van der Waals surface area contributed by atoms with E-state index in [1.807, 2.05) is 72.7 Å². The van der Waals surface area contributed by atoms with Crippen LogP contribution in [0.2, 0.25) is 0 Å². The van der Waals surface area contributed by atoms with Crippen molar-refractivity contribution >= 4 is 11.6 Å². The third-order valence-electron chi connectivity index (χ3n) is 6.58. The molecule has 0 fully saturated rings. The number of anilines is 1. The maximum atomic E-state index is 12.9. The molecule has 0 saturated heterocycles. The van der Waals surface area contributed by atoms with E-state index in [2.05, 4.69) is 52.2 Å². The van der Waals surface area contributed by atoms with E-state index in [4.69, 9.17) is 0 Å². The number of aryl methyl sites for hydroxylation is 1. The Hall–Kier alpha value is -3.64. The molecule has 0 aliphatic carbocycles. The molecular weight excluding hydrogens is 446 g/mol. The fourth-order valence-corrected chi connectivity index (χ4v) is 4.67. The largest absolute Gasteiger partial charge is 0.364 e. The predicted octanol–water partition coefficient (Wildman–Crippen LogP) is 6.00. The molecule has 2 heterocycles. The van der Waals surface area contributed by atoms with Crippen LogP contribution in [-0.2, 0) is 20.0 Å². The van der Waals surface area contributed by atoms with Crippen LogP contribution in [0.5, 0.6) is 0 Å². The number of amides is 1. The maximum Gasteiger partial charge on any atom is 0.255 e. The summed E-state index contributed by atoms with van der Waals surface area (Å²) in [6.07, 6.45) is 8.82. The summed E-state index contributed by atoms with van der Waals surface area (Å²) in [5, 5.41) is 3.04. The van der Waals surface area contributed by atoms with Gasteiger partial charge >= 0.3 is 0 Å². The van der Waals surface area contributed by atoms with Crippen LogP contribution in [0.15, 0.2) is 79.3 Å². The molecule has 1 atom stereocenters. The lowest BCUT2D eigenvalue weighted by Crippen LogP contribution is -2.24. The van der Waals surface area contributed by atoms with Crippen molar-refractivity contribution in [2.75, 3.05) is 18.4 Å². The highest BCUT2D eigenvalue weighted by atomic mass is 16.1. The third-order valence-corrected chi connectivity index (χ3v) is 6.58. The fourth-order valence-electron chi connectivity index (χ4n) is 4.67. The van der Waals surface area contributed by atoms with E-state index in [1.54, 1.807) is 0 Å². The standard InChI is InChI=1S/C30H37N5O/c1-4-18-35(19-5-2)22-23-8-14-26(15-9-23)33-30(36)25-12-10-24(11-13-25)27(28-7-6-16-31-28)21-29-32-17-20-34(29)3/h6-17,20,27,31H,4-5,18-19,21-22H2,1-3H3,(H,33,36). The van der Waals surface area contributed by atoms with Gasteiger partial charge in [-0.05, 0) is 73.5 Å². The van der Waals surface area contributed by atoms with Crippen LogP contribution >= 0.6 is 0 Å². The van der Waals surface area contributed by atoms with Gasteiger partial charge in [0.25, 0.3) is 5.91 Å². The van der Waals surface area contributed by atoms with Crippen LogP contribution < -0.4 is 5.32 Å². The summed E-state index contributed by atoms with van der Waals surface area (Å²) in [5.41, 5.74) is 4.99. The van der Waals surface area contributed by atoms with E-state index >= 15 is 0 Å². The smallest absolute Gasteiger partial charge is 0.255 e. The number of nitrogens with zero attached hydrogens (tertiary/aromatic N) is 3. The van der Waals surface area contributed by atoms with Crippen molar-refractivity contribution in [2.45, 2.75) is 45.6 Å². The van der Waals surface area contributed by atoms with Crippen molar-refractivity contribution in [3.63, 3.8) is 0 Å². The quantitative estimate of drug-likeness (QED) is 0.260. The second-order valence-corrected chi connectivity index (χ2v) is 9.39. The van der Waals surface area contributed by atoms with E-state index in [1.165, 1.54) is 5.56 Å². The van der Waals surface area contributed by atoms with Gasteiger partial charge in [0, 0.05) is 61.5 Å². The molecule has 2 aromatic carbocycles. The van der Waals surface area contributed by atoms with Gasteiger partial charge in [-0.15, -0.1) is 0 Å². The monoisotopic (exact) mass is 483 g/mol. The molecule has 36 heavy (non-hydrogen) atoms. The highest BCUT2D eigenvalue weighted by molar-refractivity contribution is 6.04. The van der Waals surface area contributed by atoms with Crippen LogP contribution in [0.1, 0.15) is 65.6 Å². The maximum absolute atomic E-state index is 12.9. The molecule has 0 bridgehead atoms. The Balaban J connectivity index is 1.42. The number of imidazole rings is 1. The summed E-state index contributed by atoms with van der Waals surface area (Å²) < 4.78 is 2.05. The Bertz CT molecular complexity index is 1200. The van der Waals surface area contributed by atoms with Gasteiger partial charge in [0.1, 0.15) is 5.82 Å². The van der Waals surface area contributed by atoms with E-state index in [-0.39, 0.29) is 11.8 Å². The van der Waals surface area contributed by atoms with E-state index in [9.17, 15) is 4.79 Å². The zero-order valence-electron chi connectivity index (χ0n) is 21.6. The van der Waals surface area contributed by atoms with Crippen molar-refractivity contribution < 1.29 is 4.79 Å². The van der Waals surface area contributed by atoms with E-state index in [0.717, 1.165) is 61.7 Å². The second kappa shape index (κ2) is 12.4. The summed E-state index contributed by atoms with van der Waals surface area (Å²) >= 11 is 0. The minimum atomic E-state index is -0.103. The lowest BCUT2D eigenvalue weighted by Gasteiger charge is -2.21. The number of carbonyl (C=O) groups excluding carboxylic acids is 1. The van der Waals surface area contributed by atoms with Crippen LogP contribution in [0, 0.1) is 0 Å². The molecule has 4 aromatic rings. The topological polar surface area (TPSA) is 66.0 Å². The first-order valence-corrected chi connectivity index (χ1v) is 12.9. The molecule has 0 saturated carbocycles. The molecule has 188 valence electrons. The number of aromatic amines is 1. The Morgan fingerprint density at radius 2 is 1.75 bits per heavy atom. The average Bonchev–Trinajstić information content (AvgIpc) is 3.56. The summed E-state index contributed by atoms with van der Waals surface area (Å²) in [6.45, 7) is 7.59. The van der Waals surface area contributed by atoms with Gasteiger partial charge in [0.15, 0.2) is 0 Å². The number of hydrogen-bond acceptors (Lipinski definition) is 3. The van der Waals surface area contributed by atoms with Crippen molar-refractivity contribution in [3.8, 4) is 0 Å². The number of hydrogen-bond donors (Lipinski definition) is 2. The molecule has 0 aliphatic rings. The second-order valence-electron chi connectivity index (χ2n) is 9.39.